The third kappa shape index (κ3) is 8170. The van der Waals surface area contributed by atoms with E-state index in [-0.39, 0.29) is 39.0 Å². The quantitative estimate of drug-likeness (QED) is 0.225. The van der Waals surface area contributed by atoms with Gasteiger partial charge in [0.25, 0.3) is 0 Å². The largest absolute Gasteiger partial charge is 3.00 e. The van der Waals surface area contributed by atoms with Crippen molar-refractivity contribution in [3.05, 3.63) is 0 Å². The monoisotopic (exact) mass is 224 g/mol. The van der Waals surface area contributed by atoms with E-state index in [1.165, 1.54) is 0 Å². The molecule has 69 valence electrons. The van der Waals surface area contributed by atoms with Crippen LogP contribution in [0.2, 0.25) is 0 Å². The molecule has 0 heterocycles. The van der Waals surface area contributed by atoms with Gasteiger partial charge in [0.15, 0.2) is 0 Å². The van der Waals surface area contributed by atoms with Gasteiger partial charge in [0.05, 0.1) is 0 Å². The summed E-state index contributed by atoms with van der Waals surface area (Å²) in [7, 11) is -5.17. The maximum Gasteiger partial charge on any atom is 3.00 e. The molecule has 0 atom stereocenters. The van der Waals surface area contributed by atoms with Gasteiger partial charge in [0.2, 0.25) is 0 Å². The molecule has 10 heteroatoms. The molecule has 1 radical (unpaired) electrons. The summed E-state index contributed by atoms with van der Waals surface area (Å²) >= 11 is 0. The van der Waals surface area contributed by atoms with E-state index in [0.29, 0.717) is 0 Å². The number of hydrogen-bond donors (Lipinski definition) is 0. The Balaban J connectivity index is -0.00000000800. The van der Waals surface area contributed by atoms with Crippen molar-refractivity contribution in [1.29, 1.82) is 0 Å². The van der Waals surface area contributed by atoms with E-state index in [1.54, 1.807) is 0 Å². The first-order valence-corrected chi connectivity index (χ1v) is 2.00. The zero-order valence-electron chi connectivity index (χ0n) is 4.39. The molecule has 0 aliphatic rings. The normalized spacial score (nSPS) is 5.80. The van der Waals surface area contributed by atoms with Crippen molar-refractivity contribution < 1.29 is 56.5 Å². The van der Waals surface area contributed by atoms with Crippen LogP contribution >= 0.6 is 0 Å². The predicted molar refractivity (Wildman–Crippen MR) is 24.9 cm³/mol. The van der Waals surface area contributed by atoms with Gasteiger partial charge >= 0.3 is 17.1 Å². The molecule has 0 unspecified atom stereocenters. The van der Waals surface area contributed by atoms with E-state index in [0.717, 1.165) is 0 Å². The van der Waals surface area contributed by atoms with Crippen LogP contribution < -0.4 is 0 Å². The molecule has 0 saturated heterocycles. The van der Waals surface area contributed by atoms with E-state index in [4.69, 9.17) is 17.5 Å². The van der Waals surface area contributed by atoms with E-state index in [1.807, 2.05) is 0 Å². The van der Waals surface area contributed by atoms with Crippen molar-refractivity contribution in [2.24, 2.45) is 0 Å². The Morgan fingerprint density at radius 2 is 0.800 bits per heavy atom. The topological polar surface area (TPSA) is 206 Å². The van der Waals surface area contributed by atoms with Gasteiger partial charge in [-0.3, -0.25) is 8.42 Å². The molecule has 0 amide bonds. The zero-order valence-corrected chi connectivity index (χ0v) is 6.32. The molecule has 0 fully saturated rings. The predicted octanol–water partition coefficient (Wildman–Crippen LogP) is -4.64. The summed E-state index contributed by atoms with van der Waals surface area (Å²) in [6.07, 6.45) is 0. The maximum absolute atomic E-state index is 8.52. The van der Waals surface area contributed by atoms with Crippen LogP contribution in [0.4, 0.5) is 0 Å². The first kappa shape index (κ1) is 48.7. The van der Waals surface area contributed by atoms with Crippen molar-refractivity contribution in [3.8, 4) is 0 Å². The van der Waals surface area contributed by atoms with Crippen LogP contribution in [0.3, 0.4) is 0 Å². The van der Waals surface area contributed by atoms with Gasteiger partial charge in [-0.2, -0.15) is 0 Å². The summed E-state index contributed by atoms with van der Waals surface area (Å²) in [5, 5.41) is 0. The molecular formula is H8FeO8S+. The second kappa shape index (κ2) is 16.1. The molecule has 10 heavy (non-hydrogen) atoms. The summed E-state index contributed by atoms with van der Waals surface area (Å²) in [5.41, 5.74) is 0. The Morgan fingerprint density at radius 3 is 0.800 bits per heavy atom. The van der Waals surface area contributed by atoms with Crippen molar-refractivity contribution >= 4 is 10.4 Å². The van der Waals surface area contributed by atoms with Crippen molar-refractivity contribution in [1.82, 2.24) is 0 Å². The smallest absolute Gasteiger partial charge is 0.759 e. The Hall–Kier alpha value is 0.229. The Labute approximate surface area is 67.5 Å². The maximum atomic E-state index is 8.52. The molecule has 0 saturated carbocycles. The van der Waals surface area contributed by atoms with Gasteiger partial charge in [0.1, 0.15) is 0 Å². The molecule has 8 nitrogen and oxygen atoms in total. The van der Waals surface area contributed by atoms with Gasteiger partial charge in [0, 0.05) is 10.4 Å². The van der Waals surface area contributed by atoms with Crippen molar-refractivity contribution in [3.63, 3.8) is 0 Å². The Morgan fingerprint density at radius 1 is 0.800 bits per heavy atom. The van der Waals surface area contributed by atoms with Gasteiger partial charge in [-0.15, -0.1) is 0 Å². The summed E-state index contributed by atoms with van der Waals surface area (Å²) < 4.78 is 34.1. The average molecular weight is 224 g/mol. The summed E-state index contributed by atoms with van der Waals surface area (Å²) in [5.74, 6) is 0. The molecule has 0 aliphatic carbocycles. The molecule has 0 spiro atoms. The van der Waals surface area contributed by atoms with Crippen LogP contribution in [0.1, 0.15) is 0 Å². The second-order valence-corrected chi connectivity index (χ2v) is 1.22. The summed E-state index contributed by atoms with van der Waals surface area (Å²) in [6, 6.07) is 0. The van der Waals surface area contributed by atoms with Crippen molar-refractivity contribution in [2.45, 2.75) is 0 Å². The van der Waals surface area contributed by atoms with Crippen LogP contribution in [0.15, 0.2) is 0 Å². The van der Waals surface area contributed by atoms with Crippen LogP contribution in [-0.4, -0.2) is 39.4 Å². The number of rotatable bonds is 0. The van der Waals surface area contributed by atoms with Gasteiger partial charge < -0.3 is 31.0 Å². The van der Waals surface area contributed by atoms with E-state index in [2.05, 4.69) is 0 Å². The van der Waals surface area contributed by atoms with E-state index in [9.17, 15) is 0 Å². The third-order valence-corrected chi connectivity index (χ3v) is 0. The molecule has 0 aliphatic heterocycles. The van der Waals surface area contributed by atoms with Crippen LogP contribution in [0.5, 0.6) is 0 Å². The fraction of sp³-hybridized carbons (Fsp3) is 0. The zero-order chi connectivity index (χ0) is 4.50. The van der Waals surface area contributed by atoms with Gasteiger partial charge in [-0.25, -0.2) is 0 Å². The standard InChI is InChI=1S/Fe.H2O4S.4H2O/c;1-5(2,3)4;;;;/h;(H2,1,2,3,4);4*1H2/q+3;;;;;/p-2. The Bertz CT molecular complexity index is 92.4. The molecule has 0 aromatic rings. The first-order valence-electron chi connectivity index (χ1n) is 0.667. The number of hydrogen-bond acceptors (Lipinski definition) is 4. The Kier molecular flexibility index (Phi) is 78.5. The molecule has 0 aromatic carbocycles. The minimum atomic E-state index is -5.17. The average Bonchev–Trinajstić information content (AvgIpc) is 0.722. The van der Waals surface area contributed by atoms with Crippen LogP contribution in [-0.2, 0) is 27.5 Å². The third-order valence-electron chi connectivity index (χ3n) is 0. The summed E-state index contributed by atoms with van der Waals surface area (Å²) in [4.78, 5) is 0. The van der Waals surface area contributed by atoms with Crippen LogP contribution in [0.25, 0.3) is 0 Å². The molecule has 8 N–H and O–H groups in total. The first-order chi connectivity index (χ1) is 2.00. The van der Waals surface area contributed by atoms with Gasteiger partial charge in [-0.1, -0.05) is 0 Å². The second-order valence-electron chi connectivity index (χ2n) is 0.408. The minimum absolute atomic E-state index is 0. The molecule has 0 rings (SSSR count). The minimum Gasteiger partial charge on any atom is -0.759 e. The van der Waals surface area contributed by atoms with Crippen LogP contribution in [0, 0.1) is 0 Å². The van der Waals surface area contributed by atoms with Crippen molar-refractivity contribution in [2.75, 3.05) is 0 Å². The fourth-order valence-electron chi connectivity index (χ4n) is 0. The fourth-order valence-corrected chi connectivity index (χ4v) is 0. The van der Waals surface area contributed by atoms with Gasteiger partial charge in [-0.05, 0) is 0 Å². The summed E-state index contributed by atoms with van der Waals surface area (Å²) in [6.45, 7) is 0. The molecular weight excluding hydrogens is 216 g/mol. The van der Waals surface area contributed by atoms with E-state index >= 15 is 0 Å². The van der Waals surface area contributed by atoms with E-state index < -0.39 is 10.4 Å². The molecule has 0 bridgehead atoms. The molecule has 0 aromatic heterocycles. The SMILES string of the molecule is O.O.O.O.O=S(=O)([O-])[O-].[Fe+3].